The predicted octanol–water partition coefficient (Wildman–Crippen LogP) is 8.50. The number of benzene rings is 5. The molecule has 8 aromatic rings. The summed E-state index contributed by atoms with van der Waals surface area (Å²) in [6, 6.07) is 45.0. The van der Waals surface area contributed by atoms with Gasteiger partial charge >= 0.3 is 0 Å². The molecule has 0 saturated heterocycles. The third kappa shape index (κ3) is 6.19. The first kappa shape index (κ1) is 33.5. The minimum atomic E-state index is -3.48. The Morgan fingerprint density at radius 3 is 1.91 bits per heavy atom. The molecule has 1 amide bonds. The van der Waals surface area contributed by atoms with Gasteiger partial charge in [0.05, 0.1) is 28.5 Å². The molecule has 0 aliphatic carbocycles. The lowest BCUT2D eigenvalue weighted by Crippen LogP contribution is -2.38. The maximum Gasteiger partial charge on any atom is 0.258 e. The molecule has 0 bridgehead atoms. The summed E-state index contributed by atoms with van der Waals surface area (Å²) in [4.78, 5) is 17.6. The zero-order valence-corrected chi connectivity index (χ0v) is 29.3. The van der Waals surface area contributed by atoms with Crippen molar-refractivity contribution in [3.8, 4) is 22.4 Å². The summed E-state index contributed by atoms with van der Waals surface area (Å²) in [5.74, 6) is -1.43. The second-order valence-electron chi connectivity index (χ2n) is 12.7. The summed E-state index contributed by atoms with van der Waals surface area (Å²) in [5, 5.41) is 7.60. The van der Waals surface area contributed by atoms with Gasteiger partial charge in [-0.3, -0.25) is 13.9 Å². The standard InChI is InChI=1S/C43H32FN5O3S/c1-53(51,52)37-19-11-18-36(25-37)47-42(50)38-22-20-30(24-39(38)44)40-27-45-41-23-21-31(28-48(40)41)32-26-46-49(29-32)43(33-12-5-2-6-13-33,34-14-7-3-8-15-34)35-16-9-4-10-17-35/h2-29H,1H3,(H,47,50). The molecule has 3 aromatic heterocycles. The molecule has 8 nitrogen and oxygen atoms in total. The lowest BCUT2D eigenvalue weighted by atomic mass is 9.77. The maximum absolute atomic E-state index is 15.5. The van der Waals surface area contributed by atoms with Crippen molar-refractivity contribution in [2.75, 3.05) is 11.6 Å². The highest BCUT2D eigenvalue weighted by Gasteiger charge is 2.39. The highest BCUT2D eigenvalue weighted by molar-refractivity contribution is 7.90. The van der Waals surface area contributed by atoms with Gasteiger partial charge in [-0.2, -0.15) is 5.10 Å². The Hall–Kier alpha value is -6.65. The lowest BCUT2D eigenvalue weighted by Gasteiger charge is -2.36. The highest BCUT2D eigenvalue weighted by atomic mass is 32.2. The summed E-state index contributed by atoms with van der Waals surface area (Å²) in [5.41, 5.74) is 6.03. The van der Waals surface area contributed by atoms with Crippen LogP contribution in [-0.2, 0) is 15.4 Å². The Kier molecular flexibility index (Phi) is 8.52. The fourth-order valence-electron chi connectivity index (χ4n) is 6.82. The van der Waals surface area contributed by atoms with Crippen LogP contribution in [0.5, 0.6) is 0 Å². The SMILES string of the molecule is CS(=O)(=O)c1cccc(NC(=O)c2ccc(-c3cnc4ccc(-c5cnn(C(c6ccccc6)(c6ccccc6)c6ccccc6)c5)cn34)cc2F)c1. The van der Waals surface area contributed by atoms with E-state index in [0.29, 0.717) is 16.9 Å². The molecule has 53 heavy (non-hydrogen) atoms. The summed E-state index contributed by atoms with van der Waals surface area (Å²) >= 11 is 0. The van der Waals surface area contributed by atoms with Gasteiger partial charge in [0.1, 0.15) is 17.0 Å². The number of amides is 1. The molecular formula is C43H32FN5O3S. The van der Waals surface area contributed by atoms with Crippen molar-refractivity contribution >= 4 is 27.1 Å². The van der Waals surface area contributed by atoms with E-state index >= 15 is 4.39 Å². The molecule has 260 valence electrons. The van der Waals surface area contributed by atoms with Crippen LogP contribution in [-0.4, -0.2) is 39.7 Å². The number of pyridine rings is 1. The number of sulfone groups is 1. The number of nitrogens with one attached hydrogen (secondary N) is 1. The molecule has 1 N–H and O–H groups in total. The number of hydrogen-bond acceptors (Lipinski definition) is 5. The van der Waals surface area contributed by atoms with Crippen LogP contribution in [0.15, 0.2) is 175 Å². The van der Waals surface area contributed by atoms with E-state index in [9.17, 15) is 13.2 Å². The zero-order valence-electron chi connectivity index (χ0n) is 28.5. The van der Waals surface area contributed by atoms with Crippen LogP contribution in [0.1, 0.15) is 27.0 Å². The lowest BCUT2D eigenvalue weighted by molar-refractivity contribution is 0.102. The van der Waals surface area contributed by atoms with Crippen molar-refractivity contribution in [1.29, 1.82) is 0 Å². The molecule has 5 aromatic carbocycles. The van der Waals surface area contributed by atoms with E-state index in [0.717, 1.165) is 34.1 Å². The number of imidazole rings is 1. The van der Waals surface area contributed by atoms with Crippen LogP contribution in [0.4, 0.5) is 10.1 Å². The number of hydrogen-bond donors (Lipinski definition) is 1. The van der Waals surface area contributed by atoms with Crippen LogP contribution >= 0.6 is 0 Å². The summed E-state index contributed by atoms with van der Waals surface area (Å²) in [6.07, 6.45) is 8.58. The Balaban J connectivity index is 1.15. The van der Waals surface area contributed by atoms with Crippen molar-refractivity contribution in [2.45, 2.75) is 10.4 Å². The summed E-state index contributed by atoms with van der Waals surface area (Å²) in [6.45, 7) is 0. The minimum Gasteiger partial charge on any atom is -0.322 e. The molecule has 0 spiro atoms. The quantitative estimate of drug-likeness (QED) is 0.151. The average Bonchev–Trinajstić information content (AvgIpc) is 3.84. The van der Waals surface area contributed by atoms with Gasteiger partial charge in [0.25, 0.3) is 5.91 Å². The number of carbonyl (C=O) groups is 1. The number of fused-ring (bicyclic) bond motifs is 1. The highest BCUT2D eigenvalue weighted by Crippen LogP contribution is 2.41. The molecule has 0 aliphatic heterocycles. The third-order valence-corrected chi connectivity index (χ3v) is 10.5. The number of aromatic nitrogens is 4. The Morgan fingerprint density at radius 2 is 1.30 bits per heavy atom. The molecular weight excluding hydrogens is 686 g/mol. The monoisotopic (exact) mass is 717 g/mol. The number of halogens is 1. The molecule has 0 saturated carbocycles. The van der Waals surface area contributed by atoms with Crippen molar-refractivity contribution in [3.05, 3.63) is 198 Å². The van der Waals surface area contributed by atoms with E-state index in [1.807, 2.05) is 94.4 Å². The third-order valence-electron chi connectivity index (χ3n) is 9.37. The van der Waals surface area contributed by atoms with E-state index < -0.39 is 27.1 Å². The van der Waals surface area contributed by atoms with Gasteiger partial charge in [-0.25, -0.2) is 17.8 Å². The number of carbonyl (C=O) groups excluding carboxylic acids is 1. The van der Waals surface area contributed by atoms with Gasteiger partial charge < -0.3 is 5.32 Å². The molecule has 0 aliphatic rings. The van der Waals surface area contributed by atoms with Crippen LogP contribution in [0.2, 0.25) is 0 Å². The van der Waals surface area contributed by atoms with Gasteiger partial charge in [-0.05, 0) is 59.2 Å². The molecule has 8 rings (SSSR count). The molecule has 0 unspecified atom stereocenters. The molecule has 0 radical (unpaired) electrons. The second-order valence-corrected chi connectivity index (χ2v) is 14.7. The van der Waals surface area contributed by atoms with E-state index in [-0.39, 0.29) is 16.1 Å². The smallest absolute Gasteiger partial charge is 0.258 e. The summed E-state index contributed by atoms with van der Waals surface area (Å²) in [7, 11) is -3.48. The topological polar surface area (TPSA) is 98.4 Å². The first-order chi connectivity index (χ1) is 25.7. The van der Waals surface area contributed by atoms with E-state index in [4.69, 9.17) is 5.10 Å². The van der Waals surface area contributed by atoms with Gasteiger partial charge in [-0.1, -0.05) is 103 Å². The zero-order chi connectivity index (χ0) is 36.6. The van der Waals surface area contributed by atoms with Crippen LogP contribution in [0.25, 0.3) is 28.0 Å². The second kappa shape index (κ2) is 13.5. The largest absolute Gasteiger partial charge is 0.322 e. The van der Waals surface area contributed by atoms with E-state index in [2.05, 4.69) is 46.7 Å². The fraction of sp³-hybridized carbons (Fsp3) is 0.0465. The van der Waals surface area contributed by atoms with Gasteiger partial charge in [0.15, 0.2) is 9.84 Å². The predicted molar refractivity (Wildman–Crippen MR) is 204 cm³/mol. The van der Waals surface area contributed by atoms with Gasteiger partial charge in [0, 0.05) is 41.0 Å². The molecule has 0 fully saturated rings. The molecule has 0 atom stereocenters. The van der Waals surface area contributed by atoms with Crippen molar-refractivity contribution in [2.24, 2.45) is 0 Å². The number of anilines is 1. The Bertz CT molecular complexity index is 2620. The Labute approximate surface area is 305 Å². The molecule has 10 heteroatoms. The number of rotatable bonds is 9. The maximum atomic E-state index is 15.5. The summed E-state index contributed by atoms with van der Waals surface area (Å²) < 4.78 is 43.4. The molecule has 3 heterocycles. The number of nitrogens with zero attached hydrogens (tertiary/aromatic N) is 4. The average molecular weight is 718 g/mol. The Morgan fingerprint density at radius 1 is 0.679 bits per heavy atom. The fourth-order valence-corrected chi connectivity index (χ4v) is 7.48. The van der Waals surface area contributed by atoms with Gasteiger partial charge in [0.2, 0.25) is 0 Å². The van der Waals surface area contributed by atoms with Crippen LogP contribution in [0, 0.1) is 5.82 Å². The van der Waals surface area contributed by atoms with Crippen molar-refractivity contribution in [1.82, 2.24) is 19.2 Å². The van der Waals surface area contributed by atoms with Crippen molar-refractivity contribution in [3.63, 3.8) is 0 Å². The van der Waals surface area contributed by atoms with Crippen LogP contribution in [0.3, 0.4) is 0 Å². The van der Waals surface area contributed by atoms with Gasteiger partial charge in [-0.15, -0.1) is 0 Å². The van der Waals surface area contributed by atoms with E-state index in [1.165, 1.54) is 30.3 Å². The minimum absolute atomic E-state index is 0.0494. The normalized spacial score (nSPS) is 11.8. The first-order valence-electron chi connectivity index (χ1n) is 16.8. The first-order valence-corrected chi connectivity index (χ1v) is 18.7. The van der Waals surface area contributed by atoms with E-state index in [1.54, 1.807) is 18.3 Å². The van der Waals surface area contributed by atoms with Crippen molar-refractivity contribution < 1.29 is 17.6 Å². The van der Waals surface area contributed by atoms with Crippen LogP contribution < -0.4 is 5.32 Å².